The van der Waals surface area contributed by atoms with Gasteiger partial charge < -0.3 is 18.6 Å². The Bertz CT molecular complexity index is 1020. The van der Waals surface area contributed by atoms with Gasteiger partial charge in [0.1, 0.15) is 5.58 Å². The summed E-state index contributed by atoms with van der Waals surface area (Å²) >= 11 is 0. The third-order valence-corrected chi connectivity index (χ3v) is 3.72. The van der Waals surface area contributed by atoms with E-state index in [2.05, 4.69) is 4.98 Å². The lowest BCUT2D eigenvalue weighted by Crippen LogP contribution is -2.12. The van der Waals surface area contributed by atoms with Crippen LogP contribution in [0.5, 0.6) is 11.5 Å². The zero-order chi connectivity index (χ0) is 17.4. The van der Waals surface area contributed by atoms with E-state index in [0.717, 1.165) is 0 Å². The summed E-state index contributed by atoms with van der Waals surface area (Å²) in [6.07, 6.45) is 1.42. The molecule has 24 heavy (non-hydrogen) atoms. The molecule has 2 heterocycles. The van der Waals surface area contributed by atoms with Gasteiger partial charge in [-0.2, -0.15) is 0 Å². The Labute approximate surface area is 136 Å². The number of hydrogen-bond donors (Lipinski definition) is 0. The van der Waals surface area contributed by atoms with E-state index in [4.69, 9.17) is 18.6 Å². The Balaban J connectivity index is 2.59. The molecule has 7 heteroatoms. The molecule has 0 radical (unpaired) electrons. The highest BCUT2D eigenvalue weighted by atomic mass is 16.5. The van der Waals surface area contributed by atoms with Gasteiger partial charge in [0.25, 0.3) is 0 Å². The summed E-state index contributed by atoms with van der Waals surface area (Å²) in [5.74, 6) is -0.181. The van der Waals surface area contributed by atoms with Gasteiger partial charge in [-0.3, -0.25) is 9.78 Å². The Morgan fingerprint density at radius 1 is 1.17 bits per heavy atom. The lowest BCUT2D eigenvalue weighted by Gasteiger charge is -2.13. The van der Waals surface area contributed by atoms with Crippen molar-refractivity contribution in [1.82, 2.24) is 4.98 Å². The Morgan fingerprint density at radius 2 is 1.92 bits per heavy atom. The molecule has 0 fully saturated rings. The summed E-state index contributed by atoms with van der Waals surface area (Å²) in [7, 11) is 4.09. The number of nitrogens with zero attached hydrogens (tertiary/aromatic N) is 1. The van der Waals surface area contributed by atoms with Crippen LogP contribution in [-0.2, 0) is 4.74 Å². The minimum absolute atomic E-state index is 0.0429. The molecule has 1 aromatic carbocycles. The molecule has 0 saturated carbocycles. The molecule has 0 bridgehead atoms. The molecule has 0 N–H and O–H groups in total. The first-order chi connectivity index (χ1) is 11.5. The second-order valence-corrected chi connectivity index (χ2v) is 5.11. The van der Waals surface area contributed by atoms with Gasteiger partial charge in [-0.15, -0.1) is 0 Å². The van der Waals surface area contributed by atoms with Crippen molar-refractivity contribution in [2.24, 2.45) is 0 Å². The number of aromatic nitrogens is 1. The Kier molecular flexibility index (Phi) is 3.84. The van der Waals surface area contributed by atoms with E-state index in [1.807, 2.05) is 0 Å². The Hall–Kier alpha value is -3.09. The van der Waals surface area contributed by atoms with E-state index in [9.17, 15) is 9.59 Å². The molecule has 0 aliphatic rings. The normalized spacial score (nSPS) is 10.8. The highest BCUT2D eigenvalue weighted by Crippen LogP contribution is 2.38. The Morgan fingerprint density at radius 3 is 2.54 bits per heavy atom. The quantitative estimate of drug-likeness (QED) is 0.538. The van der Waals surface area contributed by atoms with E-state index < -0.39 is 5.97 Å². The molecule has 0 aliphatic heterocycles. The van der Waals surface area contributed by atoms with Crippen LogP contribution in [0.15, 0.2) is 27.5 Å². The highest BCUT2D eigenvalue weighted by Gasteiger charge is 2.24. The minimum atomic E-state index is -0.673. The van der Waals surface area contributed by atoms with Gasteiger partial charge in [0.05, 0.1) is 37.7 Å². The van der Waals surface area contributed by atoms with Crippen LogP contribution in [0.2, 0.25) is 0 Å². The highest BCUT2D eigenvalue weighted by molar-refractivity contribution is 6.08. The maximum atomic E-state index is 12.9. The van der Waals surface area contributed by atoms with Crippen LogP contribution in [0.25, 0.3) is 21.9 Å². The largest absolute Gasteiger partial charge is 0.493 e. The zero-order valence-electron chi connectivity index (χ0n) is 13.6. The van der Waals surface area contributed by atoms with Crippen LogP contribution in [0, 0.1) is 6.92 Å². The molecule has 2 aromatic heterocycles. The van der Waals surface area contributed by atoms with Gasteiger partial charge in [0, 0.05) is 18.0 Å². The second-order valence-electron chi connectivity index (χ2n) is 5.11. The van der Waals surface area contributed by atoms with Crippen molar-refractivity contribution in [3.8, 4) is 11.5 Å². The zero-order valence-corrected chi connectivity index (χ0v) is 13.6. The molecule has 0 amide bonds. The maximum absolute atomic E-state index is 12.9. The minimum Gasteiger partial charge on any atom is -0.493 e. The molecule has 124 valence electrons. The van der Waals surface area contributed by atoms with E-state index >= 15 is 0 Å². The average Bonchev–Trinajstić information content (AvgIpc) is 2.59. The van der Waals surface area contributed by atoms with Gasteiger partial charge in [-0.1, -0.05) is 0 Å². The van der Waals surface area contributed by atoms with Crippen molar-refractivity contribution in [2.75, 3.05) is 21.3 Å². The van der Waals surface area contributed by atoms with Gasteiger partial charge in [-0.05, 0) is 13.0 Å². The number of esters is 1. The molecule has 3 aromatic rings. The third kappa shape index (κ3) is 2.25. The number of hydrogen-bond acceptors (Lipinski definition) is 7. The number of fused-ring (bicyclic) bond motifs is 2. The molecule has 0 aliphatic carbocycles. The van der Waals surface area contributed by atoms with Crippen molar-refractivity contribution < 1.29 is 23.4 Å². The second kappa shape index (κ2) is 5.84. The van der Waals surface area contributed by atoms with Gasteiger partial charge >= 0.3 is 5.97 Å². The van der Waals surface area contributed by atoms with E-state index in [1.165, 1.54) is 33.6 Å². The summed E-state index contributed by atoms with van der Waals surface area (Å²) in [5, 5.41) is 0.336. The van der Waals surface area contributed by atoms with Gasteiger partial charge in [-0.25, -0.2) is 4.79 Å². The van der Waals surface area contributed by atoms with Crippen molar-refractivity contribution in [1.29, 1.82) is 0 Å². The van der Waals surface area contributed by atoms with E-state index in [1.54, 1.807) is 13.0 Å². The molecule has 7 nitrogen and oxygen atoms in total. The smallest absolute Gasteiger partial charge is 0.338 e. The number of benzene rings is 1. The van der Waals surface area contributed by atoms with Gasteiger partial charge in [0.2, 0.25) is 11.2 Å². The monoisotopic (exact) mass is 329 g/mol. The summed E-state index contributed by atoms with van der Waals surface area (Å²) in [6.45, 7) is 1.78. The molecule has 0 saturated heterocycles. The maximum Gasteiger partial charge on any atom is 0.338 e. The third-order valence-electron chi connectivity index (χ3n) is 3.72. The molecular weight excluding hydrogens is 314 g/mol. The summed E-state index contributed by atoms with van der Waals surface area (Å²) in [5.41, 5.74) is 0.823. The number of carbonyl (C=O) groups is 1. The predicted octanol–water partition coefficient (Wildman–Crippen LogP) is 2.45. The van der Waals surface area contributed by atoms with Crippen LogP contribution in [0.4, 0.5) is 0 Å². The van der Waals surface area contributed by atoms with Crippen molar-refractivity contribution in [2.45, 2.75) is 6.92 Å². The lowest BCUT2D eigenvalue weighted by atomic mass is 10.1. The first kappa shape index (κ1) is 15.8. The molecule has 0 atom stereocenters. The number of pyridine rings is 1. The van der Waals surface area contributed by atoms with Crippen molar-refractivity contribution in [3.05, 3.63) is 39.8 Å². The fraction of sp³-hybridized carbons (Fsp3) is 0.235. The first-order valence-electron chi connectivity index (χ1n) is 7.08. The number of carbonyl (C=O) groups excluding carboxylic acids is 1. The SMILES string of the molecule is COC(=O)c1cc(OC)c(OC)c2oc3cc(C)ncc3c(=O)c12. The topological polar surface area (TPSA) is 87.9 Å². The lowest BCUT2D eigenvalue weighted by molar-refractivity contribution is 0.0602. The number of methoxy groups -OCH3 is 3. The standard InChI is InChI=1S/C17H15NO6/c1-8-5-11-10(7-18-8)14(19)13-9(17(20)23-4)6-12(21-2)15(22-3)16(13)24-11/h5-7H,1-4H3. The summed E-state index contributed by atoms with van der Waals surface area (Å²) in [4.78, 5) is 29.1. The van der Waals surface area contributed by atoms with Crippen LogP contribution in [-0.4, -0.2) is 32.3 Å². The fourth-order valence-electron chi connectivity index (χ4n) is 2.59. The van der Waals surface area contributed by atoms with E-state index in [-0.39, 0.29) is 38.8 Å². The number of aryl methyl sites for hydroxylation is 1. The van der Waals surface area contributed by atoms with Crippen molar-refractivity contribution >= 4 is 27.9 Å². The van der Waals surface area contributed by atoms with Crippen LogP contribution >= 0.6 is 0 Å². The summed E-state index contributed by atoms with van der Waals surface area (Å²) in [6, 6.07) is 3.05. The van der Waals surface area contributed by atoms with Gasteiger partial charge in [0.15, 0.2) is 11.3 Å². The van der Waals surface area contributed by atoms with E-state index in [0.29, 0.717) is 11.3 Å². The van der Waals surface area contributed by atoms with Crippen LogP contribution < -0.4 is 14.9 Å². The molecular formula is C17H15NO6. The van der Waals surface area contributed by atoms with Crippen molar-refractivity contribution in [3.63, 3.8) is 0 Å². The summed E-state index contributed by atoms with van der Waals surface area (Å²) < 4.78 is 21.2. The first-order valence-corrected chi connectivity index (χ1v) is 7.08. The molecule has 0 spiro atoms. The predicted molar refractivity (Wildman–Crippen MR) is 87.0 cm³/mol. The van der Waals surface area contributed by atoms with Crippen LogP contribution in [0.1, 0.15) is 16.1 Å². The molecule has 0 unspecified atom stereocenters. The average molecular weight is 329 g/mol. The fourth-order valence-corrected chi connectivity index (χ4v) is 2.59. The molecule has 3 rings (SSSR count). The number of rotatable bonds is 3. The van der Waals surface area contributed by atoms with Crippen LogP contribution in [0.3, 0.4) is 0 Å². The number of ether oxygens (including phenoxy) is 3.